The number of aryl methyl sites for hydroxylation is 1. The minimum atomic E-state index is -1.18. The van der Waals surface area contributed by atoms with Gasteiger partial charge in [-0.3, -0.25) is 14.5 Å². The third-order valence-corrected chi connectivity index (χ3v) is 4.38. The number of hydrogen-bond donors (Lipinski definition) is 2. The number of aliphatic imine (C=N–C) groups is 1. The van der Waals surface area contributed by atoms with E-state index in [1.807, 2.05) is 18.1 Å². The van der Waals surface area contributed by atoms with Crippen molar-refractivity contribution in [2.24, 2.45) is 12.0 Å². The first-order valence-corrected chi connectivity index (χ1v) is 8.41. The highest BCUT2D eigenvalue weighted by Gasteiger charge is 2.30. The Morgan fingerprint density at radius 3 is 2.88 bits per heavy atom. The van der Waals surface area contributed by atoms with Crippen LogP contribution in [0.25, 0.3) is 0 Å². The minimum absolute atomic E-state index is 0.0232. The molecule has 1 saturated heterocycles. The van der Waals surface area contributed by atoms with E-state index in [1.165, 1.54) is 6.26 Å². The van der Waals surface area contributed by atoms with Gasteiger partial charge in [0.25, 0.3) is 0 Å². The summed E-state index contributed by atoms with van der Waals surface area (Å²) >= 11 is 0. The monoisotopic (exact) mass is 360 g/mol. The molecule has 3 rings (SSSR count). The van der Waals surface area contributed by atoms with Crippen LogP contribution in [0.1, 0.15) is 12.7 Å². The third-order valence-electron chi connectivity index (χ3n) is 4.38. The van der Waals surface area contributed by atoms with Crippen LogP contribution in [0.4, 0.5) is 5.69 Å². The fraction of sp³-hybridized carbons (Fsp3) is 0.471. The van der Waals surface area contributed by atoms with Gasteiger partial charge in [-0.2, -0.15) is 5.10 Å². The maximum Gasteiger partial charge on any atom is 0.246 e. The summed E-state index contributed by atoms with van der Waals surface area (Å²) in [6.45, 7) is 3.25. The molecule has 1 amide bonds. The van der Waals surface area contributed by atoms with E-state index < -0.39 is 5.60 Å². The molecule has 3 heterocycles. The zero-order chi connectivity index (χ0) is 18.7. The minimum Gasteiger partial charge on any atom is -0.466 e. The van der Waals surface area contributed by atoms with Crippen molar-refractivity contribution in [3.63, 3.8) is 0 Å². The van der Waals surface area contributed by atoms with Crippen LogP contribution in [-0.2, 0) is 17.4 Å². The number of amides is 1. The topological polar surface area (TPSA) is 99.1 Å². The van der Waals surface area contributed by atoms with Crippen LogP contribution < -0.4 is 10.2 Å². The summed E-state index contributed by atoms with van der Waals surface area (Å²) in [5, 5.41) is 17.8. The van der Waals surface area contributed by atoms with Crippen molar-refractivity contribution < 1.29 is 14.3 Å². The predicted octanol–water partition coefficient (Wildman–Crippen LogP) is 0.145. The van der Waals surface area contributed by atoms with E-state index >= 15 is 0 Å². The van der Waals surface area contributed by atoms with E-state index in [4.69, 9.17) is 4.42 Å². The van der Waals surface area contributed by atoms with Gasteiger partial charge in [-0.1, -0.05) is 0 Å². The van der Waals surface area contributed by atoms with Gasteiger partial charge in [0.05, 0.1) is 24.7 Å². The first-order chi connectivity index (χ1) is 12.4. The van der Waals surface area contributed by atoms with Gasteiger partial charge in [-0.25, -0.2) is 0 Å². The maximum atomic E-state index is 12.5. The molecule has 2 aromatic rings. The fourth-order valence-corrected chi connectivity index (χ4v) is 2.93. The van der Waals surface area contributed by atoms with Crippen molar-refractivity contribution in [2.45, 2.75) is 12.5 Å². The molecular weight excluding hydrogens is 336 g/mol. The Bertz CT molecular complexity index is 780. The average molecular weight is 360 g/mol. The van der Waals surface area contributed by atoms with E-state index in [2.05, 4.69) is 15.4 Å². The summed E-state index contributed by atoms with van der Waals surface area (Å²) in [6.07, 6.45) is 5.03. The molecule has 9 heteroatoms. The van der Waals surface area contributed by atoms with Crippen LogP contribution in [0, 0.1) is 0 Å². The van der Waals surface area contributed by atoms with Crippen LogP contribution >= 0.6 is 0 Å². The zero-order valence-corrected chi connectivity index (χ0v) is 15.2. The number of nitrogens with one attached hydrogen (secondary N) is 1. The largest absolute Gasteiger partial charge is 0.466 e. The number of hydrogen-bond acceptors (Lipinski definition) is 5. The number of rotatable bonds is 4. The van der Waals surface area contributed by atoms with Gasteiger partial charge in [0.2, 0.25) is 5.91 Å². The average Bonchev–Trinajstić information content (AvgIpc) is 3.27. The number of aliphatic hydroxyl groups is 1. The molecule has 0 bridgehead atoms. The molecule has 140 valence electrons. The first kappa shape index (κ1) is 18.0. The molecule has 1 unspecified atom stereocenters. The van der Waals surface area contributed by atoms with Crippen molar-refractivity contribution in [1.82, 2.24) is 20.0 Å². The smallest absolute Gasteiger partial charge is 0.246 e. The number of furan rings is 1. The van der Waals surface area contributed by atoms with Crippen LogP contribution in [0.15, 0.2) is 40.2 Å². The van der Waals surface area contributed by atoms with Crippen molar-refractivity contribution in [3.8, 4) is 0 Å². The highest BCUT2D eigenvalue weighted by atomic mass is 16.4. The number of anilines is 1. The Labute approximate surface area is 151 Å². The summed E-state index contributed by atoms with van der Waals surface area (Å²) in [6, 6.07) is 3.45. The number of carbonyl (C=O) groups excluding carboxylic acids is 1. The molecule has 1 atom stereocenters. The Balaban J connectivity index is 1.61. The Hall–Kier alpha value is -2.81. The lowest BCUT2D eigenvalue weighted by atomic mass is 10.0. The van der Waals surface area contributed by atoms with Crippen molar-refractivity contribution >= 4 is 17.6 Å². The van der Waals surface area contributed by atoms with E-state index in [1.54, 1.807) is 41.9 Å². The third kappa shape index (κ3) is 3.72. The molecule has 0 aromatic carbocycles. The number of nitrogens with zero attached hydrogens (tertiary/aromatic N) is 5. The number of guanidine groups is 1. The Kier molecular flexibility index (Phi) is 4.99. The molecule has 0 saturated carbocycles. The summed E-state index contributed by atoms with van der Waals surface area (Å²) < 4.78 is 6.95. The van der Waals surface area contributed by atoms with Crippen molar-refractivity contribution in [2.75, 3.05) is 38.1 Å². The van der Waals surface area contributed by atoms with Gasteiger partial charge in [-0.15, -0.1) is 0 Å². The van der Waals surface area contributed by atoms with E-state index in [-0.39, 0.29) is 19.0 Å². The van der Waals surface area contributed by atoms with Gasteiger partial charge in [0.1, 0.15) is 17.9 Å². The lowest BCUT2D eigenvalue weighted by Gasteiger charge is -2.36. The molecule has 9 nitrogen and oxygen atoms in total. The summed E-state index contributed by atoms with van der Waals surface area (Å²) in [5.41, 5.74) is -0.387. The molecule has 26 heavy (non-hydrogen) atoms. The molecule has 0 spiro atoms. The second-order valence-corrected chi connectivity index (χ2v) is 6.49. The zero-order valence-electron chi connectivity index (χ0n) is 15.2. The Morgan fingerprint density at radius 2 is 2.31 bits per heavy atom. The predicted molar refractivity (Wildman–Crippen MR) is 96.8 cm³/mol. The van der Waals surface area contributed by atoms with Crippen LogP contribution in [0.3, 0.4) is 0 Å². The molecular formula is C17H24N6O3. The van der Waals surface area contributed by atoms with Crippen molar-refractivity contribution in [3.05, 3.63) is 36.5 Å². The SMILES string of the molecule is CN=C(NCC(C)(O)c1ccco1)N1CCN(c2cnn(C)c2)C(=O)C1. The molecule has 1 aliphatic rings. The van der Waals surface area contributed by atoms with E-state index in [9.17, 15) is 9.90 Å². The normalized spacial score (nSPS) is 18.2. The maximum absolute atomic E-state index is 12.5. The number of carbonyl (C=O) groups is 1. The molecule has 1 aliphatic heterocycles. The lowest BCUT2D eigenvalue weighted by molar-refractivity contribution is -0.120. The lowest BCUT2D eigenvalue weighted by Crippen LogP contribution is -2.56. The second-order valence-electron chi connectivity index (χ2n) is 6.49. The highest BCUT2D eigenvalue weighted by molar-refractivity contribution is 5.98. The van der Waals surface area contributed by atoms with Crippen molar-refractivity contribution in [1.29, 1.82) is 0 Å². The Morgan fingerprint density at radius 1 is 1.50 bits per heavy atom. The summed E-state index contributed by atoms with van der Waals surface area (Å²) in [5.74, 6) is 1.01. The first-order valence-electron chi connectivity index (χ1n) is 8.41. The summed E-state index contributed by atoms with van der Waals surface area (Å²) in [7, 11) is 3.48. The quantitative estimate of drug-likeness (QED) is 0.595. The van der Waals surface area contributed by atoms with Crippen LogP contribution in [0.2, 0.25) is 0 Å². The number of aromatic nitrogens is 2. The summed E-state index contributed by atoms with van der Waals surface area (Å²) in [4.78, 5) is 20.3. The van der Waals surface area contributed by atoms with Gasteiger partial charge in [-0.05, 0) is 19.1 Å². The number of piperazine rings is 1. The van der Waals surface area contributed by atoms with E-state index in [0.717, 1.165) is 5.69 Å². The second kappa shape index (κ2) is 7.20. The van der Waals surface area contributed by atoms with E-state index in [0.29, 0.717) is 24.8 Å². The van der Waals surface area contributed by atoms with Crippen LogP contribution in [0.5, 0.6) is 0 Å². The van der Waals surface area contributed by atoms with Gasteiger partial charge in [0.15, 0.2) is 5.96 Å². The van der Waals surface area contributed by atoms with Crippen LogP contribution in [-0.4, -0.2) is 64.9 Å². The van der Waals surface area contributed by atoms with Gasteiger partial charge >= 0.3 is 0 Å². The van der Waals surface area contributed by atoms with Gasteiger partial charge < -0.3 is 24.6 Å². The van der Waals surface area contributed by atoms with Gasteiger partial charge in [0, 0.05) is 33.4 Å². The molecule has 2 aromatic heterocycles. The highest BCUT2D eigenvalue weighted by Crippen LogP contribution is 2.20. The molecule has 0 radical (unpaired) electrons. The molecule has 2 N–H and O–H groups in total. The molecule has 0 aliphatic carbocycles. The molecule has 1 fully saturated rings. The fourth-order valence-electron chi connectivity index (χ4n) is 2.93. The standard InChI is InChI=1S/C17H24N6O3/c1-17(25,14-5-4-8-26-14)12-19-16(18-2)22-6-7-23(15(24)11-22)13-9-20-21(3)10-13/h4-5,8-10,25H,6-7,11-12H2,1-3H3,(H,18,19).